The molecule has 2 aromatic carbocycles. The van der Waals surface area contributed by atoms with Crippen LogP contribution in [0.2, 0.25) is 0 Å². The van der Waals surface area contributed by atoms with E-state index in [4.69, 9.17) is 0 Å². The van der Waals surface area contributed by atoms with Gasteiger partial charge in [-0.3, -0.25) is 4.79 Å². The van der Waals surface area contributed by atoms with Gasteiger partial charge in [-0.1, -0.05) is 42.0 Å². The largest absolute Gasteiger partial charge is 0.478 e. The molecular weight excluding hydrogens is 395 g/mol. The van der Waals surface area contributed by atoms with Crippen molar-refractivity contribution < 1.29 is 27.9 Å². The number of aryl methyl sites for hydroxylation is 2. The van der Waals surface area contributed by atoms with Crippen LogP contribution in [0.5, 0.6) is 0 Å². The molecule has 2 heterocycles. The van der Waals surface area contributed by atoms with Gasteiger partial charge in [-0.15, -0.1) is 0 Å². The minimum absolute atomic E-state index is 0.0932. The van der Waals surface area contributed by atoms with E-state index in [1.165, 1.54) is 18.2 Å². The van der Waals surface area contributed by atoms with E-state index in [9.17, 15) is 27.9 Å². The quantitative estimate of drug-likeness (QED) is 0.443. The predicted octanol–water partition coefficient (Wildman–Crippen LogP) is 5.66. The van der Waals surface area contributed by atoms with Gasteiger partial charge in [0.1, 0.15) is 11.3 Å². The van der Waals surface area contributed by atoms with Crippen LogP contribution in [0.1, 0.15) is 43.1 Å². The van der Waals surface area contributed by atoms with Crippen molar-refractivity contribution in [3.8, 4) is 0 Å². The number of carboxylic acid groups (broad SMARTS) is 1. The summed E-state index contributed by atoms with van der Waals surface area (Å²) in [6, 6.07) is 14.2. The number of pyridine rings is 1. The first-order valence-electron chi connectivity index (χ1n) is 9.10. The molecule has 0 aliphatic rings. The zero-order chi connectivity index (χ0) is 21.8. The lowest BCUT2D eigenvalue weighted by Crippen LogP contribution is -2.16. The summed E-state index contributed by atoms with van der Waals surface area (Å²) in [5.74, 6) is -2.56. The molecule has 2 aromatic heterocycles. The fraction of sp³-hybridized carbons (Fsp3) is 0.130. The number of carboxylic acids is 1. The molecule has 0 fully saturated rings. The number of hydrogen-bond donors (Lipinski definition) is 1. The predicted molar refractivity (Wildman–Crippen MR) is 106 cm³/mol. The Morgan fingerprint density at radius 1 is 0.900 bits per heavy atom. The van der Waals surface area contributed by atoms with Crippen LogP contribution in [0.4, 0.5) is 13.2 Å². The third kappa shape index (κ3) is 2.94. The minimum Gasteiger partial charge on any atom is -0.478 e. The summed E-state index contributed by atoms with van der Waals surface area (Å²) in [4.78, 5) is 25.3. The highest BCUT2D eigenvalue weighted by atomic mass is 19.4. The molecular formula is C23H16F3NO3. The van der Waals surface area contributed by atoms with Crippen LogP contribution >= 0.6 is 0 Å². The van der Waals surface area contributed by atoms with Gasteiger partial charge in [0, 0.05) is 5.56 Å². The summed E-state index contributed by atoms with van der Waals surface area (Å²) < 4.78 is 43.2. The van der Waals surface area contributed by atoms with Gasteiger partial charge in [-0.05, 0) is 43.0 Å². The number of carbonyl (C=O) groups excluding carboxylic acids is 1. The summed E-state index contributed by atoms with van der Waals surface area (Å²) in [5.41, 5.74) is -1.24. The summed E-state index contributed by atoms with van der Waals surface area (Å²) in [5, 5.41) is 10.2. The zero-order valence-corrected chi connectivity index (χ0v) is 16.0. The molecule has 0 bridgehead atoms. The third-order valence-electron chi connectivity index (χ3n) is 5.15. The first-order chi connectivity index (χ1) is 14.1. The molecule has 0 radical (unpaired) electrons. The SMILES string of the molecule is Cc1ccc2c(ccc3c(C(=O)c4ccccc4C)c(C(=O)O)c(C(F)(F)F)n32)c1. The fourth-order valence-corrected chi connectivity index (χ4v) is 3.85. The van der Waals surface area contributed by atoms with Crippen LogP contribution in [0.15, 0.2) is 54.6 Å². The van der Waals surface area contributed by atoms with Gasteiger partial charge in [0.05, 0.1) is 16.6 Å². The Hall–Kier alpha value is -3.61. The van der Waals surface area contributed by atoms with Crippen molar-refractivity contribution in [1.29, 1.82) is 0 Å². The standard InChI is InChI=1S/C23H16F3NO3/c1-12-7-9-16-14(11-12)8-10-17-18(20(28)15-6-4-3-5-13(15)2)19(22(29)30)21(27(16)17)23(24,25)26/h3-11H,1-2H3,(H,29,30). The molecule has 30 heavy (non-hydrogen) atoms. The Morgan fingerprint density at radius 3 is 2.20 bits per heavy atom. The van der Waals surface area contributed by atoms with Gasteiger partial charge in [0.25, 0.3) is 0 Å². The molecule has 4 aromatic rings. The number of aromatic nitrogens is 1. The van der Waals surface area contributed by atoms with Crippen LogP contribution < -0.4 is 0 Å². The number of aromatic carboxylic acids is 1. The molecule has 0 saturated heterocycles. The zero-order valence-electron chi connectivity index (χ0n) is 16.0. The van der Waals surface area contributed by atoms with Crippen molar-refractivity contribution in [1.82, 2.24) is 4.40 Å². The highest BCUT2D eigenvalue weighted by Gasteiger charge is 2.43. The number of hydrogen-bond acceptors (Lipinski definition) is 2. The Labute approximate surface area is 169 Å². The van der Waals surface area contributed by atoms with Crippen LogP contribution in [0.3, 0.4) is 0 Å². The number of benzene rings is 2. The number of ketones is 1. The van der Waals surface area contributed by atoms with E-state index in [-0.39, 0.29) is 16.6 Å². The Balaban J connectivity index is 2.22. The van der Waals surface area contributed by atoms with E-state index >= 15 is 0 Å². The number of nitrogens with zero attached hydrogens (tertiary/aromatic N) is 1. The van der Waals surface area contributed by atoms with E-state index in [0.29, 0.717) is 10.9 Å². The average Bonchev–Trinajstić information content (AvgIpc) is 3.03. The molecule has 0 aliphatic carbocycles. The molecule has 0 spiro atoms. The lowest BCUT2D eigenvalue weighted by atomic mass is 9.96. The summed E-state index contributed by atoms with van der Waals surface area (Å²) >= 11 is 0. The van der Waals surface area contributed by atoms with Crippen LogP contribution in [0, 0.1) is 13.8 Å². The van der Waals surface area contributed by atoms with E-state index in [0.717, 1.165) is 9.96 Å². The molecule has 0 unspecified atom stereocenters. The number of fused-ring (bicyclic) bond motifs is 3. The van der Waals surface area contributed by atoms with Gasteiger partial charge >= 0.3 is 12.1 Å². The van der Waals surface area contributed by atoms with Crippen molar-refractivity contribution in [2.24, 2.45) is 0 Å². The van der Waals surface area contributed by atoms with Gasteiger partial charge in [0.2, 0.25) is 0 Å². The van der Waals surface area contributed by atoms with Crippen molar-refractivity contribution >= 4 is 28.2 Å². The van der Waals surface area contributed by atoms with Gasteiger partial charge < -0.3 is 9.51 Å². The monoisotopic (exact) mass is 411 g/mol. The molecule has 0 atom stereocenters. The smallest absolute Gasteiger partial charge is 0.432 e. The van der Waals surface area contributed by atoms with Crippen molar-refractivity contribution in [3.05, 3.63) is 88.1 Å². The first-order valence-corrected chi connectivity index (χ1v) is 9.10. The molecule has 0 aliphatic heterocycles. The molecule has 152 valence electrons. The molecule has 1 N–H and O–H groups in total. The Bertz CT molecular complexity index is 1350. The summed E-state index contributed by atoms with van der Waals surface area (Å²) in [6.07, 6.45) is -4.99. The molecule has 0 amide bonds. The maximum atomic E-state index is 14.1. The fourth-order valence-electron chi connectivity index (χ4n) is 3.85. The summed E-state index contributed by atoms with van der Waals surface area (Å²) in [7, 11) is 0. The highest BCUT2D eigenvalue weighted by Crippen LogP contribution is 2.40. The van der Waals surface area contributed by atoms with Crippen LogP contribution in [0.25, 0.3) is 16.4 Å². The number of halogens is 3. The van der Waals surface area contributed by atoms with Crippen molar-refractivity contribution in [2.75, 3.05) is 0 Å². The molecule has 4 nitrogen and oxygen atoms in total. The van der Waals surface area contributed by atoms with Crippen LogP contribution in [-0.2, 0) is 6.18 Å². The van der Waals surface area contributed by atoms with Gasteiger partial charge in [-0.25, -0.2) is 4.79 Å². The lowest BCUT2D eigenvalue weighted by molar-refractivity contribution is -0.142. The minimum atomic E-state index is -4.99. The van der Waals surface area contributed by atoms with E-state index in [1.54, 1.807) is 50.2 Å². The van der Waals surface area contributed by atoms with Crippen molar-refractivity contribution in [2.45, 2.75) is 20.0 Å². The van der Waals surface area contributed by atoms with Crippen LogP contribution in [-0.4, -0.2) is 21.3 Å². The highest BCUT2D eigenvalue weighted by molar-refractivity contribution is 6.20. The van der Waals surface area contributed by atoms with E-state index in [2.05, 4.69) is 0 Å². The van der Waals surface area contributed by atoms with E-state index < -0.39 is 34.7 Å². The first kappa shape index (κ1) is 19.7. The second-order valence-electron chi connectivity index (χ2n) is 7.16. The van der Waals surface area contributed by atoms with Gasteiger partial charge in [0.15, 0.2) is 5.78 Å². The number of carbonyl (C=O) groups is 2. The van der Waals surface area contributed by atoms with E-state index in [1.807, 2.05) is 0 Å². The third-order valence-corrected chi connectivity index (χ3v) is 5.15. The normalized spacial score (nSPS) is 11.9. The maximum Gasteiger partial charge on any atom is 0.432 e. The molecule has 4 rings (SSSR count). The number of alkyl halides is 3. The number of rotatable bonds is 3. The Morgan fingerprint density at radius 2 is 1.57 bits per heavy atom. The Kier molecular flexibility index (Phi) is 4.42. The topological polar surface area (TPSA) is 58.8 Å². The van der Waals surface area contributed by atoms with Gasteiger partial charge in [-0.2, -0.15) is 13.2 Å². The molecule has 0 saturated carbocycles. The summed E-state index contributed by atoms with van der Waals surface area (Å²) in [6.45, 7) is 3.45. The maximum absolute atomic E-state index is 14.1. The second-order valence-corrected chi connectivity index (χ2v) is 7.16. The lowest BCUT2D eigenvalue weighted by Gasteiger charge is -2.11. The second kappa shape index (κ2) is 6.73. The molecule has 7 heteroatoms. The van der Waals surface area contributed by atoms with Crippen molar-refractivity contribution in [3.63, 3.8) is 0 Å². The average molecular weight is 411 g/mol.